The summed E-state index contributed by atoms with van der Waals surface area (Å²) in [5, 5.41) is 1.73. The summed E-state index contributed by atoms with van der Waals surface area (Å²) in [5.74, 6) is 0.437. The standard InChI is InChI=1S/C32H42ClN5O2Si/c1-32(2,3)41(4,5)40-25-13-11-21(12-14-25)20-37-28-16-23(22-15-26-27(33)19-35-29(26)34-17-22)18-36-30(28)38(31(37)39)24-9-7-6-8-10-24/h9,15-19,21,25H,6-8,10-14,20H2,1-5H3,(H,34,35). The van der Waals surface area contributed by atoms with Crippen molar-refractivity contribution in [1.82, 2.24) is 24.1 Å². The van der Waals surface area contributed by atoms with Crippen LogP contribution in [0.3, 0.4) is 0 Å². The molecule has 0 atom stereocenters. The van der Waals surface area contributed by atoms with E-state index in [4.69, 9.17) is 21.0 Å². The fourth-order valence-electron chi connectivity index (χ4n) is 6.16. The number of imidazole rings is 1. The number of pyridine rings is 2. The van der Waals surface area contributed by atoms with Crippen LogP contribution in [0.25, 0.3) is 39.0 Å². The van der Waals surface area contributed by atoms with Gasteiger partial charge in [0, 0.05) is 53.4 Å². The number of aromatic nitrogens is 5. The summed E-state index contributed by atoms with van der Waals surface area (Å²) in [5.41, 5.74) is 5.36. The van der Waals surface area contributed by atoms with Crippen LogP contribution in [0.15, 0.2) is 41.6 Å². The molecule has 4 heterocycles. The van der Waals surface area contributed by atoms with Gasteiger partial charge in [0.15, 0.2) is 14.0 Å². The maximum Gasteiger partial charge on any atom is 0.334 e. The third kappa shape index (κ3) is 5.46. The summed E-state index contributed by atoms with van der Waals surface area (Å²) < 4.78 is 10.6. The number of nitrogens with zero attached hydrogens (tertiary/aromatic N) is 4. The molecule has 9 heteroatoms. The minimum absolute atomic E-state index is 0.0275. The lowest BCUT2D eigenvalue weighted by molar-refractivity contribution is 0.112. The number of fused-ring (bicyclic) bond motifs is 2. The molecular formula is C32H42ClN5O2Si. The Labute approximate surface area is 248 Å². The minimum Gasteiger partial charge on any atom is -0.414 e. The predicted octanol–water partition coefficient (Wildman–Crippen LogP) is 8.39. The van der Waals surface area contributed by atoms with Crippen LogP contribution in [0.4, 0.5) is 0 Å². The van der Waals surface area contributed by atoms with Gasteiger partial charge in [-0.1, -0.05) is 38.4 Å². The molecule has 1 saturated carbocycles. The van der Waals surface area contributed by atoms with Crippen molar-refractivity contribution in [3.05, 3.63) is 52.3 Å². The normalized spacial score (nSPS) is 20.6. The number of allylic oxidation sites excluding steroid dienone is 2. The summed E-state index contributed by atoms with van der Waals surface area (Å²) >= 11 is 6.39. The SMILES string of the molecule is CC(C)(C)[Si](C)(C)OC1CCC(Cn2c(=O)n(C3=CCCCC3)c3ncc(-c4cnc5[nH]cc(Cl)c5c4)cc32)CC1. The van der Waals surface area contributed by atoms with Gasteiger partial charge in [0.2, 0.25) is 0 Å². The molecule has 1 N–H and O–H groups in total. The van der Waals surface area contributed by atoms with E-state index in [0.29, 0.717) is 23.6 Å². The molecule has 41 heavy (non-hydrogen) atoms. The third-order valence-corrected chi connectivity index (χ3v) is 14.5. The molecular weight excluding hydrogens is 550 g/mol. The van der Waals surface area contributed by atoms with Gasteiger partial charge in [-0.05, 0) is 87.5 Å². The van der Waals surface area contributed by atoms with Crippen LogP contribution in [-0.4, -0.2) is 38.5 Å². The van der Waals surface area contributed by atoms with Gasteiger partial charge in [-0.3, -0.25) is 4.57 Å². The Morgan fingerprint density at radius 2 is 1.80 bits per heavy atom. The maximum absolute atomic E-state index is 14.0. The molecule has 4 aromatic heterocycles. The zero-order valence-electron chi connectivity index (χ0n) is 25.0. The molecule has 0 bridgehead atoms. The van der Waals surface area contributed by atoms with Crippen molar-refractivity contribution in [2.45, 2.75) is 103 Å². The second-order valence-corrected chi connectivity index (χ2v) is 18.7. The van der Waals surface area contributed by atoms with Gasteiger partial charge in [-0.2, -0.15) is 0 Å². The molecule has 4 aromatic rings. The van der Waals surface area contributed by atoms with Crippen LogP contribution in [0.2, 0.25) is 23.2 Å². The number of hydrogen-bond donors (Lipinski definition) is 1. The van der Waals surface area contributed by atoms with Crippen LogP contribution in [0, 0.1) is 5.92 Å². The second kappa shape index (κ2) is 10.9. The van der Waals surface area contributed by atoms with E-state index in [1.54, 1.807) is 6.20 Å². The fraction of sp³-hybridized carbons (Fsp3) is 0.531. The lowest BCUT2D eigenvalue weighted by atomic mass is 9.87. The molecule has 0 unspecified atom stereocenters. The Hall–Kier alpha value is -2.68. The second-order valence-electron chi connectivity index (χ2n) is 13.5. The first-order chi connectivity index (χ1) is 19.5. The monoisotopic (exact) mass is 591 g/mol. The number of nitrogens with one attached hydrogen (secondary N) is 1. The van der Waals surface area contributed by atoms with E-state index in [1.807, 2.05) is 27.6 Å². The van der Waals surface area contributed by atoms with Gasteiger partial charge in [0.05, 0.1) is 10.5 Å². The highest BCUT2D eigenvalue weighted by atomic mass is 35.5. The summed E-state index contributed by atoms with van der Waals surface area (Å²) in [6.07, 6.45) is 16.4. The number of H-pyrrole nitrogens is 1. The lowest BCUT2D eigenvalue weighted by Crippen LogP contribution is -2.44. The number of hydrogen-bond acceptors (Lipinski definition) is 4. The summed E-state index contributed by atoms with van der Waals surface area (Å²) in [6.45, 7) is 12.3. The molecule has 2 aliphatic carbocycles. The predicted molar refractivity (Wildman–Crippen MR) is 171 cm³/mol. The summed E-state index contributed by atoms with van der Waals surface area (Å²) in [6, 6.07) is 4.15. The molecule has 0 aliphatic heterocycles. The van der Waals surface area contributed by atoms with Crippen molar-refractivity contribution < 1.29 is 4.43 Å². The lowest BCUT2D eigenvalue weighted by Gasteiger charge is -2.41. The molecule has 0 saturated heterocycles. The largest absolute Gasteiger partial charge is 0.414 e. The Kier molecular flexibility index (Phi) is 7.53. The average molecular weight is 592 g/mol. The van der Waals surface area contributed by atoms with Crippen molar-refractivity contribution in [2.24, 2.45) is 5.92 Å². The molecule has 1 fully saturated rings. The average Bonchev–Trinajstić information content (AvgIpc) is 3.45. The molecule has 0 spiro atoms. The zero-order valence-corrected chi connectivity index (χ0v) is 26.7. The first-order valence-corrected chi connectivity index (χ1v) is 18.4. The third-order valence-electron chi connectivity index (χ3n) is 9.64. The van der Waals surface area contributed by atoms with Gasteiger partial charge >= 0.3 is 5.69 Å². The maximum atomic E-state index is 14.0. The molecule has 218 valence electrons. The fourth-order valence-corrected chi connectivity index (χ4v) is 7.78. The Balaban J connectivity index is 1.32. The molecule has 0 aromatic carbocycles. The quantitative estimate of drug-likeness (QED) is 0.228. The Morgan fingerprint density at radius 1 is 1.07 bits per heavy atom. The summed E-state index contributed by atoms with van der Waals surface area (Å²) in [4.78, 5) is 26.6. The van der Waals surface area contributed by atoms with Crippen molar-refractivity contribution in [3.8, 4) is 11.1 Å². The van der Waals surface area contributed by atoms with E-state index < -0.39 is 8.32 Å². The van der Waals surface area contributed by atoms with Crippen LogP contribution >= 0.6 is 11.6 Å². The molecule has 0 amide bonds. The number of aromatic amines is 1. The van der Waals surface area contributed by atoms with Crippen LogP contribution < -0.4 is 5.69 Å². The zero-order chi connectivity index (χ0) is 28.9. The topological polar surface area (TPSA) is 77.7 Å². The molecule has 6 rings (SSSR count). The first kappa shape index (κ1) is 28.4. The first-order valence-electron chi connectivity index (χ1n) is 15.1. The minimum atomic E-state index is -1.79. The van der Waals surface area contributed by atoms with Crippen molar-refractivity contribution >= 4 is 47.8 Å². The van der Waals surface area contributed by atoms with E-state index in [9.17, 15) is 4.79 Å². The van der Waals surface area contributed by atoms with E-state index in [0.717, 1.165) is 84.0 Å². The smallest absolute Gasteiger partial charge is 0.334 e. The molecule has 7 nitrogen and oxygen atoms in total. The van der Waals surface area contributed by atoms with Gasteiger partial charge in [-0.15, -0.1) is 0 Å². The van der Waals surface area contributed by atoms with E-state index in [1.165, 1.54) is 6.42 Å². The van der Waals surface area contributed by atoms with Gasteiger partial charge < -0.3 is 9.41 Å². The summed E-state index contributed by atoms with van der Waals surface area (Å²) in [7, 11) is -1.79. The highest BCUT2D eigenvalue weighted by Crippen LogP contribution is 2.40. The number of halogens is 1. The van der Waals surface area contributed by atoms with Gasteiger partial charge in [0.1, 0.15) is 5.65 Å². The van der Waals surface area contributed by atoms with E-state index >= 15 is 0 Å². The molecule has 0 radical (unpaired) electrons. The Bertz CT molecular complexity index is 1670. The highest BCUT2D eigenvalue weighted by molar-refractivity contribution is 6.74. The number of rotatable bonds is 6. The van der Waals surface area contributed by atoms with Crippen molar-refractivity contribution in [1.29, 1.82) is 0 Å². The van der Waals surface area contributed by atoms with E-state index in [2.05, 4.69) is 56.0 Å². The highest BCUT2D eigenvalue weighted by Gasteiger charge is 2.40. The van der Waals surface area contributed by atoms with Gasteiger partial charge in [0.25, 0.3) is 0 Å². The van der Waals surface area contributed by atoms with Gasteiger partial charge in [-0.25, -0.2) is 19.3 Å². The van der Waals surface area contributed by atoms with Crippen LogP contribution in [-0.2, 0) is 11.0 Å². The van der Waals surface area contributed by atoms with Crippen LogP contribution in [0.1, 0.15) is 72.1 Å². The van der Waals surface area contributed by atoms with Crippen molar-refractivity contribution in [3.63, 3.8) is 0 Å². The molecule has 2 aliphatic rings. The van der Waals surface area contributed by atoms with Crippen LogP contribution in [0.5, 0.6) is 0 Å². The van der Waals surface area contributed by atoms with E-state index in [-0.39, 0.29) is 10.7 Å². The van der Waals surface area contributed by atoms with Crippen molar-refractivity contribution in [2.75, 3.05) is 0 Å². The Morgan fingerprint density at radius 3 is 2.51 bits per heavy atom.